The monoisotopic (exact) mass is 449 g/mol. The average Bonchev–Trinajstić information content (AvgIpc) is 2.76. The zero-order valence-electron chi connectivity index (χ0n) is 19.4. The summed E-state index contributed by atoms with van der Waals surface area (Å²) in [6, 6.07) is 1.50. The normalized spacial score (nSPS) is 21.7. The smallest absolute Gasteiger partial charge is 0.377 e. The summed E-state index contributed by atoms with van der Waals surface area (Å²) < 4.78 is 30.1. The van der Waals surface area contributed by atoms with E-state index in [9.17, 15) is 0 Å². The minimum absolute atomic E-state index is 0.742. The Balaban J connectivity index is 1.95. The quantitative estimate of drug-likeness (QED) is 0.415. The molecule has 0 atom stereocenters. The number of rotatable bonds is 12. The van der Waals surface area contributed by atoms with Gasteiger partial charge in [-0.05, 0) is 38.9 Å². The molecular weight excluding hydrogens is 406 g/mol. The molecule has 0 saturated carbocycles. The highest BCUT2D eigenvalue weighted by atomic mass is 28.5. The predicted molar refractivity (Wildman–Crippen MR) is 119 cm³/mol. The fourth-order valence-corrected chi connectivity index (χ4v) is 10.4. The Bertz CT molecular complexity index is 413. The summed E-state index contributed by atoms with van der Waals surface area (Å²) in [5.74, 6) is 0.825. The highest BCUT2D eigenvalue weighted by Crippen LogP contribution is 2.26. The highest BCUT2D eigenvalue weighted by Gasteiger charge is 2.52. The van der Waals surface area contributed by atoms with Crippen LogP contribution in [-0.4, -0.2) is 120 Å². The van der Waals surface area contributed by atoms with E-state index in [2.05, 4.69) is 28.7 Å². The van der Waals surface area contributed by atoms with Crippen molar-refractivity contribution in [3.63, 3.8) is 0 Å². The lowest BCUT2D eigenvalue weighted by Gasteiger charge is -2.39. The zero-order valence-corrected chi connectivity index (χ0v) is 21.4. The number of piperidine rings is 1. The first-order chi connectivity index (χ1) is 13.9. The summed E-state index contributed by atoms with van der Waals surface area (Å²) in [6.07, 6.45) is 2.52. The van der Waals surface area contributed by atoms with Crippen LogP contribution in [0.4, 0.5) is 0 Å². The first-order valence-corrected chi connectivity index (χ1v) is 14.8. The Morgan fingerprint density at radius 2 is 1.10 bits per heavy atom. The van der Waals surface area contributed by atoms with E-state index < -0.39 is 17.6 Å². The van der Waals surface area contributed by atoms with Gasteiger partial charge in [-0.25, -0.2) is 0 Å². The van der Waals surface area contributed by atoms with Crippen LogP contribution in [0.15, 0.2) is 0 Å². The van der Waals surface area contributed by atoms with Gasteiger partial charge in [-0.1, -0.05) is 6.92 Å². The molecule has 2 aliphatic heterocycles. The standard InChI is InChI=1S/C19H43N3O5Si2/c1-19-7-9-21(10-8-19)15-17-28(23-3,24-4)27-29(25-5,26-6)18-16-22-13-11-20(2)12-14-22/h19H,7-18H2,1-6H3. The fraction of sp³-hybridized carbons (Fsp3) is 1.00. The lowest BCUT2D eigenvalue weighted by Crippen LogP contribution is -2.59. The van der Waals surface area contributed by atoms with Gasteiger partial charge in [0.2, 0.25) is 0 Å². The molecule has 2 fully saturated rings. The molecule has 0 aromatic heterocycles. The fourth-order valence-electron chi connectivity index (χ4n) is 4.03. The van der Waals surface area contributed by atoms with E-state index >= 15 is 0 Å². The van der Waals surface area contributed by atoms with Gasteiger partial charge in [-0.3, -0.25) is 0 Å². The Morgan fingerprint density at radius 3 is 1.52 bits per heavy atom. The van der Waals surface area contributed by atoms with Crippen LogP contribution in [0, 0.1) is 5.92 Å². The van der Waals surface area contributed by atoms with Gasteiger partial charge >= 0.3 is 17.6 Å². The third-order valence-corrected chi connectivity index (χ3v) is 13.1. The molecule has 2 heterocycles. The topological polar surface area (TPSA) is 55.9 Å². The number of likely N-dealkylation sites (tertiary alicyclic amines) is 1. The number of nitrogens with zero attached hydrogens (tertiary/aromatic N) is 3. The van der Waals surface area contributed by atoms with Gasteiger partial charge < -0.3 is 36.5 Å². The van der Waals surface area contributed by atoms with Crippen molar-refractivity contribution in [3.05, 3.63) is 0 Å². The van der Waals surface area contributed by atoms with Gasteiger partial charge in [0.25, 0.3) is 0 Å². The predicted octanol–water partition coefficient (Wildman–Crippen LogP) is 1.45. The molecule has 0 amide bonds. The van der Waals surface area contributed by atoms with Crippen molar-refractivity contribution >= 4 is 17.6 Å². The van der Waals surface area contributed by atoms with Crippen LogP contribution in [0.25, 0.3) is 0 Å². The maximum atomic E-state index is 6.57. The van der Waals surface area contributed by atoms with Crippen LogP contribution in [0.5, 0.6) is 0 Å². The van der Waals surface area contributed by atoms with E-state index in [1.165, 1.54) is 12.8 Å². The zero-order chi connectivity index (χ0) is 21.3. The number of hydrogen-bond donors (Lipinski definition) is 0. The summed E-state index contributed by atoms with van der Waals surface area (Å²) in [6.45, 7) is 10.8. The molecule has 0 aliphatic carbocycles. The molecule has 2 saturated heterocycles. The maximum absolute atomic E-state index is 6.57. The molecule has 8 nitrogen and oxygen atoms in total. The van der Waals surface area contributed by atoms with Crippen LogP contribution >= 0.6 is 0 Å². The largest absolute Gasteiger partial charge is 0.494 e. The molecule has 172 valence electrons. The molecule has 29 heavy (non-hydrogen) atoms. The van der Waals surface area contributed by atoms with Gasteiger partial charge in [-0.2, -0.15) is 0 Å². The van der Waals surface area contributed by atoms with Crippen molar-refractivity contribution in [1.29, 1.82) is 0 Å². The van der Waals surface area contributed by atoms with E-state index in [0.29, 0.717) is 0 Å². The number of hydrogen-bond acceptors (Lipinski definition) is 8. The second kappa shape index (κ2) is 12.2. The van der Waals surface area contributed by atoms with E-state index in [1.54, 1.807) is 28.4 Å². The van der Waals surface area contributed by atoms with Crippen molar-refractivity contribution in [2.45, 2.75) is 31.9 Å². The molecule has 0 radical (unpaired) electrons. The van der Waals surface area contributed by atoms with E-state index in [4.69, 9.17) is 21.8 Å². The van der Waals surface area contributed by atoms with Crippen LogP contribution in [0.1, 0.15) is 19.8 Å². The minimum Gasteiger partial charge on any atom is -0.377 e. The molecule has 0 aromatic carbocycles. The molecular formula is C19H43N3O5Si2. The summed E-state index contributed by atoms with van der Waals surface area (Å²) in [5, 5.41) is 0. The average molecular weight is 450 g/mol. The lowest BCUT2D eigenvalue weighted by molar-refractivity contribution is 0.0783. The second-order valence-electron chi connectivity index (χ2n) is 8.45. The first-order valence-electron chi connectivity index (χ1n) is 10.9. The number of piperazine rings is 1. The van der Waals surface area contributed by atoms with Gasteiger partial charge in [0.1, 0.15) is 0 Å². The SMILES string of the molecule is CO[Si](CCN1CCC(C)CC1)(OC)O[Si](CCN1CCN(C)CC1)(OC)OC. The van der Waals surface area contributed by atoms with Crippen molar-refractivity contribution < 1.29 is 21.8 Å². The third kappa shape index (κ3) is 7.63. The molecule has 0 N–H and O–H groups in total. The van der Waals surface area contributed by atoms with Crippen molar-refractivity contribution in [3.8, 4) is 0 Å². The van der Waals surface area contributed by atoms with E-state index in [0.717, 1.165) is 70.4 Å². The van der Waals surface area contributed by atoms with Crippen LogP contribution in [0.3, 0.4) is 0 Å². The van der Waals surface area contributed by atoms with Gasteiger partial charge in [0.05, 0.1) is 0 Å². The summed E-state index contributed by atoms with van der Waals surface area (Å²) >= 11 is 0. The Kier molecular flexibility index (Phi) is 10.7. The van der Waals surface area contributed by atoms with Crippen LogP contribution < -0.4 is 0 Å². The number of likely N-dealkylation sites (N-methyl/N-ethyl adjacent to an activating group) is 1. The molecule has 0 aromatic rings. The Hall–Kier alpha value is 0.114. The van der Waals surface area contributed by atoms with Crippen LogP contribution in [0.2, 0.25) is 12.1 Å². The molecule has 2 rings (SSSR count). The maximum Gasteiger partial charge on any atom is 0.494 e. The first kappa shape index (κ1) is 25.4. The van der Waals surface area contributed by atoms with Gasteiger partial charge in [-0.15, -0.1) is 0 Å². The molecule has 10 heteroatoms. The summed E-state index contributed by atoms with van der Waals surface area (Å²) in [5.41, 5.74) is 0. The van der Waals surface area contributed by atoms with Crippen molar-refractivity contribution in [2.24, 2.45) is 5.92 Å². The van der Waals surface area contributed by atoms with Crippen LogP contribution in [-0.2, 0) is 21.8 Å². The Labute approximate surface area is 180 Å². The van der Waals surface area contributed by atoms with Crippen molar-refractivity contribution in [2.75, 3.05) is 87.8 Å². The minimum atomic E-state index is -2.88. The lowest BCUT2D eigenvalue weighted by atomic mass is 9.99. The van der Waals surface area contributed by atoms with E-state index in [1.807, 2.05) is 0 Å². The molecule has 0 bridgehead atoms. The van der Waals surface area contributed by atoms with Gasteiger partial charge in [0.15, 0.2) is 0 Å². The van der Waals surface area contributed by atoms with Gasteiger partial charge in [0, 0.05) is 79.8 Å². The second-order valence-corrected chi connectivity index (χ2v) is 14.6. The summed E-state index contributed by atoms with van der Waals surface area (Å²) in [4.78, 5) is 7.32. The Morgan fingerprint density at radius 1 is 0.690 bits per heavy atom. The third-order valence-electron chi connectivity index (χ3n) is 6.50. The molecule has 2 aliphatic rings. The van der Waals surface area contributed by atoms with E-state index in [-0.39, 0.29) is 0 Å². The highest BCUT2D eigenvalue weighted by molar-refractivity contribution is 6.75. The van der Waals surface area contributed by atoms with Crippen molar-refractivity contribution in [1.82, 2.24) is 14.7 Å². The summed E-state index contributed by atoms with van der Waals surface area (Å²) in [7, 11) is 3.18. The molecule has 0 unspecified atom stereocenters. The molecule has 0 spiro atoms.